The Kier molecular flexibility index (Phi) is 29.9. The molecule has 0 atom stereocenters. The second kappa shape index (κ2) is 26.2. The van der Waals surface area contributed by atoms with Crippen molar-refractivity contribution >= 4 is 15.8 Å². The Labute approximate surface area is 245 Å². The van der Waals surface area contributed by atoms with Gasteiger partial charge in [-0.15, -0.1) is 0 Å². The summed E-state index contributed by atoms with van der Waals surface area (Å²) in [5.41, 5.74) is 3.57. The van der Waals surface area contributed by atoms with Crippen LogP contribution in [0.2, 0.25) is 5.31 Å². The smallest absolute Gasteiger partial charge is 0 e. The van der Waals surface area contributed by atoms with Gasteiger partial charge < -0.3 is 0 Å². The Bertz CT molecular complexity index is 498. The van der Waals surface area contributed by atoms with E-state index in [2.05, 4.69) is 13.3 Å². The molecule has 0 N–H and O–H groups in total. The Hall–Kier alpha value is 0.533. The minimum absolute atomic E-state index is 0. The molecule has 6 heteroatoms. The average Bonchev–Trinajstić information content (AvgIpc) is 3.44. The van der Waals surface area contributed by atoms with Crippen LogP contribution in [-0.4, -0.2) is 24.8 Å². The normalized spacial score (nSPS) is 18.6. The third-order valence-electron chi connectivity index (χ3n) is 6.54. The molecule has 0 aliphatic heterocycles. The van der Waals surface area contributed by atoms with Crippen molar-refractivity contribution in [3.63, 3.8) is 0 Å². The minimum atomic E-state index is 0. The van der Waals surface area contributed by atoms with E-state index < -0.39 is 0 Å². The molecule has 0 heterocycles. The Morgan fingerprint density at radius 2 is 0.886 bits per heavy atom. The van der Waals surface area contributed by atoms with E-state index >= 15 is 0 Å². The summed E-state index contributed by atoms with van der Waals surface area (Å²) in [5.74, 6) is 0. The monoisotopic (exact) mass is 719 g/mol. The summed E-state index contributed by atoms with van der Waals surface area (Å²) in [6.45, 7) is 14.9. The van der Waals surface area contributed by atoms with E-state index in [1.165, 1.54) is 36.2 Å². The van der Waals surface area contributed by atoms with Crippen molar-refractivity contribution in [1.29, 1.82) is 0 Å². The third-order valence-corrected chi connectivity index (χ3v) is 10.6. The van der Waals surface area contributed by atoms with Crippen molar-refractivity contribution in [2.24, 2.45) is 0 Å². The Morgan fingerprint density at radius 1 is 0.657 bits per heavy atom. The molecule has 0 aromatic heterocycles. The van der Waals surface area contributed by atoms with Crippen LogP contribution in [0.3, 0.4) is 0 Å². The van der Waals surface area contributed by atoms with Crippen molar-refractivity contribution in [3.05, 3.63) is 43.6 Å². The number of hydrogen-bond donors (Lipinski definition) is 0. The molecule has 3 saturated carbocycles. The van der Waals surface area contributed by atoms with E-state index in [-0.39, 0.29) is 43.4 Å². The molecule has 35 heavy (non-hydrogen) atoms. The summed E-state index contributed by atoms with van der Waals surface area (Å²) in [6, 6.07) is 10.0. The van der Waals surface area contributed by atoms with Crippen LogP contribution in [-0.2, 0) is 47.4 Å². The van der Waals surface area contributed by atoms with Crippen LogP contribution in [0.15, 0.2) is 30.3 Å². The zero-order valence-corrected chi connectivity index (χ0v) is 26.6. The maximum Gasteiger partial charge on any atom is 0 e. The number of rotatable bonds is 3. The van der Waals surface area contributed by atoms with Crippen LogP contribution in [0.4, 0.5) is 0 Å². The van der Waals surface area contributed by atoms with Gasteiger partial charge in [0.05, 0.1) is 7.85 Å². The summed E-state index contributed by atoms with van der Waals surface area (Å²) < 4.78 is 15.0. The summed E-state index contributed by atoms with van der Waals surface area (Å²) in [7, 11) is 5.74. The van der Waals surface area contributed by atoms with E-state index in [1.807, 2.05) is 51.1 Å². The molecule has 0 spiro atoms. The molecule has 3 fully saturated rings. The van der Waals surface area contributed by atoms with Gasteiger partial charge in [-0.2, -0.15) is 18.2 Å². The predicted molar refractivity (Wildman–Crippen MR) is 143 cm³/mol. The zero-order valence-electron chi connectivity index (χ0n) is 22.3. The van der Waals surface area contributed by atoms with Gasteiger partial charge in [0.1, 0.15) is 0 Å². The fourth-order valence-corrected chi connectivity index (χ4v) is 10.0. The quantitative estimate of drug-likeness (QED) is 0.130. The Balaban J connectivity index is -0.000000535. The molecule has 4 rings (SSSR count). The van der Waals surface area contributed by atoms with Gasteiger partial charge in [0.25, 0.3) is 0 Å². The first kappa shape index (κ1) is 40.0. The molecular formula is C29H47BMnO2PPt-. The summed E-state index contributed by atoms with van der Waals surface area (Å²) in [4.78, 5) is 0. The van der Waals surface area contributed by atoms with Gasteiger partial charge in [-0.25, -0.2) is 12.1 Å². The van der Waals surface area contributed by atoms with Crippen LogP contribution in [0.5, 0.6) is 0 Å². The van der Waals surface area contributed by atoms with Crippen LogP contribution >= 0.6 is 7.92 Å². The SMILES string of the molecule is C1CCC(P(C2CCCCC2)C2CCCCC2)CC1.[B]C(C)(C)C.[C-]#[O+].[C-]#[O+].[Mn].[Pt].c1cc[cH-]c1. The molecule has 0 bridgehead atoms. The summed E-state index contributed by atoms with van der Waals surface area (Å²) in [6.07, 6.45) is 23.6. The standard InChI is InChI=1S/C18H33P.C5H5.C4H9B.2CO.Mn.Pt/c1-4-10-16(11-5-1)19(17-12-6-2-7-13-17)18-14-8-3-9-15-18;1-2-4-5-3-1;1-4(2,3)5;2*1-2;;/h16-18H,1-15H2;1-5H;1-3H3;;;;/q;-1;;;;;. The van der Waals surface area contributed by atoms with E-state index in [9.17, 15) is 0 Å². The molecule has 0 saturated heterocycles. The van der Waals surface area contributed by atoms with E-state index in [4.69, 9.17) is 17.2 Å². The first-order valence-electron chi connectivity index (χ1n) is 13.1. The maximum absolute atomic E-state index is 7.50. The molecule has 1 aromatic carbocycles. The molecule has 0 unspecified atom stereocenters. The van der Waals surface area contributed by atoms with Crippen LogP contribution < -0.4 is 0 Å². The van der Waals surface area contributed by atoms with Gasteiger partial charge in [-0.3, -0.25) is 0 Å². The van der Waals surface area contributed by atoms with Gasteiger partial charge >= 0.3 is 22.6 Å². The van der Waals surface area contributed by atoms with Crippen LogP contribution in [0.25, 0.3) is 0 Å². The predicted octanol–water partition coefficient (Wildman–Crippen LogP) is 9.17. The summed E-state index contributed by atoms with van der Waals surface area (Å²) in [5, 5.41) is 0. The van der Waals surface area contributed by atoms with Gasteiger partial charge in [-0.1, -0.05) is 91.8 Å². The number of hydrogen-bond acceptors (Lipinski definition) is 0. The van der Waals surface area contributed by atoms with Gasteiger partial charge in [-0.05, 0) is 55.5 Å². The maximum atomic E-state index is 7.50. The molecule has 201 valence electrons. The first-order valence-corrected chi connectivity index (χ1v) is 14.6. The molecular weight excluding hydrogens is 672 g/mol. The largest absolute Gasteiger partial charge is 0.214 e. The Morgan fingerprint density at radius 3 is 1.06 bits per heavy atom. The molecule has 3 aliphatic carbocycles. The van der Waals surface area contributed by atoms with Crippen molar-refractivity contribution in [2.75, 3.05) is 0 Å². The molecule has 0 amide bonds. The first-order chi connectivity index (χ1) is 15.9. The van der Waals surface area contributed by atoms with Gasteiger partial charge in [0.15, 0.2) is 0 Å². The van der Waals surface area contributed by atoms with Crippen LogP contribution in [0.1, 0.15) is 117 Å². The molecule has 2 nitrogen and oxygen atoms in total. The van der Waals surface area contributed by atoms with Gasteiger partial charge in [0.2, 0.25) is 0 Å². The molecule has 1 aromatic rings. The van der Waals surface area contributed by atoms with Crippen molar-refractivity contribution < 1.29 is 47.4 Å². The zero-order chi connectivity index (χ0) is 25.0. The van der Waals surface area contributed by atoms with Crippen molar-refractivity contribution in [3.8, 4) is 0 Å². The fourth-order valence-electron chi connectivity index (χ4n) is 5.35. The topological polar surface area (TPSA) is 39.8 Å². The van der Waals surface area contributed by atoms with Crippen molar-refractivity contribution in [2.45, 2.75) is 139 Å². The molecule has 3 aliphatic rings. The third kappa shape index (κ3) is 21.2. The van der Waals surface area contributed by atoms with E-state index in [0.29, 0.717) is 7.92 Å². The van der Waals surface area contributed by atoms with Gasteiger partial charge in [0, 0.05) is 38.1 Å². The molecule has 3 radical (unpaired) electrons. The average molecular weight is 719 g/mol. The fraction of sp³-hybridized carbons (Fsp3) is 0.759. The second-order valence-corrected chi connectivity index (χ2v) is 13.7. The van der Waals surface area contributed by atoms with Crippen LogP contribution in [0, 0.1) is 13.3 Å². The minimum Gasteiger partial charge on any atom is -0.214 e. The van der Waals surface area contributed by atoms with Crippen molar-refractivity contribution in [1.82, 2.24) is 0 Å². The van der Waals surface area contributed by atoms with E-state index in [1.54, 1.807) is 77.0 Å². The second-order valence-electron chi connectivity index (χ2n) is 10.7. The van der Waals surface area contributed by atoms with E-state index in [0.717, 1.165) is 0 Å². The summed E-state index contributed by atoms with van der Waals surface area (Å²) >= 11 is 0.